The summed E-state index contributed by atoms with van der Waals surface area (Å²) in [6.07, 6.45) is 0. The first kappa shape index (κ1) is 29.0. The summed E-state index contributed by atoms with van der Waals surface area (Å²) in [5.74, 6) is -0.0694. The van der Waals surface area contributed by atoms with Crippen molar-refractivity contribution in [1.29, 1.82) is 0 Å². The van der Waals surface area contributed by atoms with Crippen LogP contribution in [-0.4, -0.2) is 50.6 Å². The lowest BCUT2D eigenvalue weighted by molar-refractivity contribution is -0.123. The van der Waals surface area contributed by atoms with E-state index in [9.17, 15) is 9.59 Å². The van der Waals surface area contributed by atoms with Crippen molar-refractivity contribution in [1.82, 2.24) is 0 Å². The number of rotatable bonds is 12. The SMILES string of the molecule is CCN(C(=O)CCl)c1ccccc1.CCN(C(=O)COCCOCc1ccccc1)c1ccccc1. The van der Waals surface area contributed by atoms with Crippen molar-refractivity contribution in [3.05, 3.63) is 96.6 Å². The summed E-state index contributed by atoms with van der Waals surface area (Å²) in [5, 5.41) is 0. The summed E-state index contributed by atoms with van der Waals surface area (Å²) in [4.78, 5) is 26.9. The molecule has 0 N–H and O–H groups in total. The third kappa shape index (κ3) is 10.2. The maximum absolute atomic E-state index is 12.2. The molecule has 0 unspecified atom stereocenters. The van der Waals surface area contributed by atoms with Crippen LogP contribution in [0, 0.1) is 0 Å². The molecular weight excluding hydrogens is 476 g/mol. The summed E-state index contributed by atoms with van der Waals surface area (Å²) in [7, 11) is 0. The zero-order valence-corrected chi connectivity index (χ0v) is 21.8. The molecule has 3 aromatic carbocycles. The number of nitrogens with zero attached hydrogens (tertiary/aromatic N) is 2. The monoisotopic (exact) mass is 510 g/mol. The van der Waals surface area contributed by atoms with Gasteiger partial charge in [-0.25, -0.2) is 0 Å². The molecule has 0 aliphatic carbocycles. The molecule has 0 spiro atoms. The van der Waals surface area contributed by atoms with E-state index in [1.54, 1.807) is 9.80 Å². The number of amides is 2. The van der Waals surface area contributed by atoms with Gasteiger partial charge < -0.3 is 19.3 Å². The van der Waals surface area contributed by atoms with Crippen LogP contribution in [0.5, 0.6) is 0 Å². The molecule has 0 fully saturated rings. The molecule has 0 aliphatic rings. The number of hydrogen-bond acceptors (Lipinski definition) is 4. The van der Waals surface area contributed by atoms with E-state index in [0.717, 1.165) is 16.9 Å². The largest absolute Gasteiger partial charge is 0.374 e. The molecule has 3 rings (SSSR count). The fourth-order valence-corrected chi connectivity index (χ4v) is 3.56. The number of halogens is 1. The molecule has 0 bridgehead atoms. The first-order chi connectivity index (χ1) is 17.6. The summed E-state index contributed by atoms with van der Waals surface area (Å²) < 4.78 is 10.9. The van der Waals surface area contributed by atoms with Crippen molar-refractivity contribution in [3.63, 3.8) is 0 Å². The Bertz CT molecular complexity index is 1000. The number of alkyl halides is 1. The summed E-state index contributed by atoms with van der Waals surface area (Å²) in [6.45, 7) is 6.66. The van der Waals surface area contributed by atoms with Gasteiger partial charge in [-0.3, -0.25) is 9.59 Å². The number of hydrogen-bond donors (Lipinski definition) is 0. The Kier molecular flexibility index (Phi) is 13.9. The van der Waals surface area contributed by atoms with Crippen LogP contribution in [0.2, 0.25) is 0 Å². The maximum Gasteiger partial charge on any atom is 0.252 e. The Morgan fingerprint density at radius 3 is 1.58 bits per heavy atom. The molecule has 36 heavy (non-hydrogen) atoms. The first-order valence-electron chi connectivity index (χ1n) is 12.1. The molecule has 0 aromatic heterocycles. The third-order valence-electron chi connectivity index (χ3n) is 5.19. The molecule has 0 aliphatic heterocycles. The average Bonchev–Trinajstić information content (AvgIpc) is 2.93. The van der Waals surface area contributed by atoms with E-state index in [1.807, 2.05) is 105 Å². The van der Waals surface area contributed by atoms with Gasteiger partial charge in [0.05, 0.1) is 19.8 Å². The van der Waals surface area contributed by atoms with Crippen LogP contribution in [0.15, 0.2) is 91.0 Å². The highest BCUT2D eigenvalue weighted by molar-refractivity contribution is 6.29. The van der Waals surface area contributed by atoms with E-state index in [4.69, 9.17) is 21.1 Å². The van der Waals surface area contributed by atoms with Gasteiger partial charge in [-0.2, -0.15) is 0 Å². The van der Waals surface area contributed by atoms with Crippen LogP contribution >= 0.6 is 11.6 Å². The minimum absolute atomic E-state index is 0.0305. The highest BCUT2D eigenvalue weighted by Gasteiger charge is 2.13. The molecule has 0 radical (unpaired) electrons. The minimum Gasteiger partial charge on any atom is -0.374 e. The molecule has 0 saturated heterocycles. The maximum atomic E-state index is 12.2. The van der Waals surface area contributed by atoms with Gasteiger partial charge in [0.1, 0.15) is 12.5 Å². The van der Waals surface area contributed by atoms with Gasteiger partial charge in [-0.1, -0.05) is 66.7 Å². The predicted molar refractivity (Wildman–Crippen MR) is 147 cm³/mol. The number of ether oxygens (including phenoxy) is 2. The molecular formula is C29H35ClN2O4. The van der Waals surface area contributed by atoms with Crippen molar-refractivity contribution < 1.29 is 19.1 Å². The van der Waals surface area contributed by atoms with Crippen LogP contribution in [-0.2, 0) is 25.7 Å². The second kappa shape index (κ2) is 17.3. The van der Waals surface area contributed by atoms with Crippen LogP contribution in [0.1, 0.15) is 19.4 Å². The van der Waals surface area contributed by atoms with Gasteiger partial charge in [0.2, 0.25) is 5.91 Å². The van der Waals surface area contributed by atoms with Crippen LogP contribution in [0.25, 0.3) is 0 Å². The molecule has 2 amide bonds. The number of anilines is 2. The van der Waals surface area contributed by atoms with E-state index in [-0.39, 0.29) is 24.3 Å². The van der Waals surface area contributed by atoms with E-state index in [2.05, 4.69) is 0 Å². The van der Waals surface area contributed by atoms with Gasteiger partial charge in [0.25, 0.3) is 5.91 Å². The number of likely N-dealkylation sites (N-methyl/N-ethyl adjacent to an activating group) is 1. The second-order valence-corrected chi connectivity index (χ2v) is 7.94. The predicted octanol–water partition coefficient (Wildman–Crippen LogP) is 5.55. The normalized spacial score (nSPS) is 10.2. The molecule has 0 atom stereocenters. The highest BCUT2D eigenvalue weighted by atomic mass is 35.5. The van der Waals surface area contributed by atoms with E-state index >= 15 is 0 Å². The Labute approximate surface area is 219 Å². The zero-order valence-electron chi connectivity index (χ0n) is 21.0. The molecule has 0 saturated carbocycles. The first-order valence-corrected chi connectivity index (χ1v) is 12.6. The smallest absolute Gasteiger partial charge is 0.252 e. The van der Waals surface area contributed by atoms with Gasteiger partial charge >= 0.3 is 0 Å². The van der Waals surface area contributed by atoms with Crippen molar-refractivity contribution in [2.24, 2.45) is 0 Å². The van der Waals surface area contributed by atoms with Crippen molar-refractivity contribution in [3.8, 4) is 0 Å². The molecule has 3 aromatic rings. The van der Waals surface area contributed by atoms with E-state index in [1.165, 1.54) is 0 Å². The van der Waals surface area contributed by atoms with Crippen molar-refractivity contribution in [2.45, 2.75) is 20.5 Å². The zero-order chi connectivity index (χ0) is 26.0. The average molecular weight is 511 g/mol. The lowest BCUT2D eigenvalue weighted by atomic mass is 10.2. The number of carbonyl (C=O) groups excluding carboxylic acids is 2. The molecule has 6 nitrogen and oxygen atoms in total. The number of para-hydroxylation sites is 2. The van der Waals surface area contributed by atoms with Crippen LogP contribution in [0.4, 0.5) is 11.4 Å². The number of benzene rings is 3. The molecule has 192 valence electrons. The standard InChI is InChI=1S/C19H23NO3.C10H12ClNO/c1-2-20(18-11-7-4-8-12-18)19(21)16-23-14-13-22-15-17-9-5-3-6-10-17;1-2-12(10(13)8-11)9-6-4-3-5-7-9/h3-12H,2,13-16H2,1H3;3-7H,2,8H2,1H3. The van der Waals surface area contributed by atoms with Crippen molar-refractivity contribution >= 4 is 34.8 Å². The fourth-order valence-electron chi connectivity index (χ4n) is 3.41. The van der Waals surface area contributed by atoms with E-state index < -0.39 is 0 Å². The van der Waals surface area contributed by atoms with Crippen molar-refractivity contribution in [2.75, 3.05) is 48.6 Å². The topological polar surface area (TPSA) is 59.1 Å². The Morgan fingerprint density at radius 1 is 0.667 bits per heavy atom. The Hall–Kier alpha value is -3.19. The summed E-state index contributed by atoms with van der Waals surface area (Å²) >= 11 is 5.48. The number of carbonyl (C=O) groups is 2. The Balaban J connectivity index is 0.000000297. The van der Waals surface area contributed by atoms with Gasteiger partial charge in [-0.15, -0.1) is 11.6 Å². The summed E-state index contributed by atoms with van der Waals surface area (Å²) in [6, 6.07) is 29.1. The second-order valence-electron chi connectivity index (χ2n) is 7.67. The Morgan fingerprint density at radius 2 is 1.11 bits per heavy atom. The molecule has 7 heteroatoms. The minimum atomic E-state index is -0.0598. The van der Waals surface area contributed by atoms with Crippen LogP contribution < -0.4 is 9.80 Å². The lowest BCUT2D eigenvalue weighted by Crippen LogP contribution is -2.34. The van der Waals surface area contributed by atoms with Gasteiger partial charge in [0.15, 0.2) is 0 Å². The van der Waals surface area contributed by atoms with Gasteiger partial charge in [-0.05, 0) is 43.7 Å². The quantitative estimate of drug-likeness (QED) is 0.237. The lowest BCUT2D eigenvalue weighted by Gasteiger charge is -2.20. The molecule has 0 heterocycles. The third-order valence-corrected chi connectivity index (χ3v) is 5.42. The highest BCUT2D eigenvalue weighted by Crippen LogP contribution is 2.14. The summed E-state index contributed by atoms with van der Waals surface area (Å²) in [5.41, 5.74) is 2.92. The van der Waals surface area contributed by atoms with Gasteiger partial charge in [0, 0.05) is 24.5 Å². The van der Waals surface area contributed by atoms with Crippen LogP contribution in [0.3, 0.4) is 0 Å². The van der Waals surface area contributed by atoms with E-state index in [0.29, 0.717) is 32.9 Å². The fraction of sp³-hybridized carbons (Fsp3) is 0.310.